The van der Waals surface area contributed by atoms with Crippen molar-refractivity contribution in [3.05, 3.63) is 77.3 Å². The van der Waals surface area contributed by atoms with Crippen LogP contribution in [0.25, 0.3) is 15.9 Å². The molecule has 0 aliphatic heterocycles. The molecule has 0 aliphatic rings. The highest BCUT2D eigenvalue weighted by atomic mass is 32.1. The molecule has 3 N–H and O–H groups in total. The molecule has 2 heterocycles. The Kier molecular flexibility index (Phi) is 5.05. The first-order valence-electron chi connectivity index (χ1n) is 8.59. The SMILES string of the molecule is Cc1nn(-c2ccccc2)c2sc(C(=O)NNC(=S)Nc3ccccc3)cc12. The van der Waals surface area contributed by atoms with Crippen LogP contribution in [0.4, 0.5) is 5.69 Å². The number of anilines is 1. The summed E-state index contributed by atoms with van der Waals surface area (Å²) in [6.07, 6.45) is 0. The molecule has 6 nitrogen and oxygen atoms in total. The summed E-state index contributed by atoms with van der Waals surface area (Å²) in [4.78, 5) is 14.1. The van der Waals surface area contributed by atoms with Crippen LogP contribution < -0.4 is 16.2 Å². The number of benzene rings is 2. The first kappa shape index (κ1) is 18.1. The third-order valence-electron chi connectivity index (χ3n) is 4.09. The summed E-state index contributed by atoms with van der Waals surface area (Å²) in [6.45, 7) is 1.94. The molecule has 2 aromatic carbocycles. The van der Waals surface area contributed by atoms with Crippen LogP contribution >= 0.6 is 23.6 Å². The summed E-state index contributed by atoms with van der Waals surface area (Å²) >= 11 is 6.60. The Morgan fingerprint density at radius 3 is 2.43 bits per heavy atom. The Labute approximate surface area is 171 Å². The van der Waals surface area contributed by atoms with E-state index in [-0.39, 0.29) is 5.91 Å². The fraction of sp³-hybridized carbons (Fsp3) is 0.0500. The van der Waals surface area contributed by atoms with Crippen LogP contribution in [0.5, 0.6) is 0 Å². The summed E-state index contributed by atoms with van der Waals surface area (Å²) in [5, 5.41) is 8.87. The van der Waals surface area contributed by atoms with Gasteiger partial charge in [0.1, 0.15) is 4.83 Å². The van der Waals surface area contributed by atoms with Crippen molar-refractivity contribution in [1.29, 1.82) is 0 Å². The number of hydrogen-bond acceptors (Lipinski definition) is 4. The van der Waals surface area contributed by atoms with Crippen molar-refractivity contribution >= 4 is 50.5 Å². The molecule has 28 heavy (non-hydrogen) atoms. The molecule has 0 unspecified atom stereocenters. The summed E-state index contributed by atoms with van der Waals surface area (Å²) in [5.41, 5.74) is 8.05. The van der Waals surface area contributed by atoms with Crippen LogP contribution in [0.1, 0.15) is 15.4 Å². The van der Waals surface area contributed by atoms with Gasteiger partial charge in [0.25, 0.3) is 5.91 Å². The van der Waals surface area contributed by atoms with Crippen LogP contribution in [0.3, 0.4) is 0 Å². The number of nitrogens with zero attached hydrogens (tertiary/aromatic N) is 2. The van der Waals surface area contributed by atoms with Gasteiger partial charge in [-0.15, -0.1) is 11.3 Å². The monoisotopic (exact) mass is 407 g/mol. The van der Waals surface area contributed by atoms with Gasteiger partial charge in [-0.25, -0.2) is 4.68 Å². The lowest BCUT2D eigenvalue weighted by molar-refractivity contribution is 0.0948. The number of aromatic nitrogens is 2. The topological polar surface area (TPSA) is 71.0 Å². The van der Waals surface area contributed by atoms with Crippen molar-refractivity contribution in [2.75, 3.05) is 5.32 Å². The quantitative estimate of drug-likeness (QED) is 0.353. The molecule has 140 valence electrons. The van der Waals surface area contributed by atoms with E-state index in [0.717, 1.165) is 27.3 Å². The first-order valence-corrected chi connectivity index (χ1v) is 9.81. The highest BCUT2D eigenvalue weighted by Gasteiger charge is 2.17. The number of nitrogens with one attached hydrogen (secondary N) is 3. The number of para-hydroxylation sites is 2. The van der Waals surface area contributed by atoms with Crippen LogP contribution in [-0.4, -0.2) is 20.8 Å². The van der Waals surface area contributed by atoms with E-state index in [0.29, 0.717) is 9.99 Å². The molecule has 2 aromatic heterocycles. The summed E-state index contributed by atoms with van der Waals surface area (Å²) in [6, 6.07) is 21.2. The van der Waals surface area contributed by atoms with Crippen LogP contribution in [0.2, 0.25) is 0 Å². The Morgan fingerprint density at radius 1 is 1.04 bits per heavy atom. The standard InChI is InChI=1S/C20H17N5OS2/c1-13-16-12-17(28-19(16)25(24-13)15-10-6-3-7-11-15)18(26)22-23-20(27)21-14-8-4-2-5-9-14/h2-12H,1H3,(H,22,26)(H2,21,23,27). The number of thiocarbonyl (C=S) groups is 1. The van der Waals surface area contributed by atoms with Crippen LogP contribution in [0, 0.1) is 6.92 Å². The maximum Gasteiger partial charge on any atom is 0.279 e. The van der Waals surface area contributed by atoms with Crippen LogP contribution in [0.15, 0.2) is 66.7 Å². The minimum atomic E-state index is -0.252. The van der Waals surface area contributed by atoms with E-state index >= 15 is 0 Å². The number of amides is 1. The molecule has 1 amide bonds. The highest BCUT2D eigenvalue weighted by Crippen LogP contribution is 2.30. The molecule has 4 rings (SSSR count). The van der Waals surface area contributed by atoms with Gasteiger partial charge in [0.05, 0.1) is 16.3 Å². The fourth-order valence-electron chi connectivity index (χ4n) is 2.76. The maximum atomic E-state index is 12.5. The molecule has 0 saturated carbocycles. The molecule has 0 bridgehead atoms. The number of carbonyl (C=O) groups excluding carboxylic acids is 1. The number of aryl methyl sites for hydroxylation is 1. The van der Waals surface area contributed by atoms with Gasteiger partial charge >= 0.3 is 0 Å². The number of hydrazine groups is 1. The molecular formula is C20H17N5OS2. The first-order chi connectivity index (χ1) is 13.6. The zero-order valence-corrected chi connectivity index (χ0v) is 16.6. The number of rotatable bonds is 3. The van der Waals surface area contributed by atoms with Gasteiger partial charge < -0.3 is 5.32 Å². The van der Waals surface area contributed by atoms with E-state index in [1.165, 1.54) is 11.3 Å². The van der Waals surface area contributed by atoms with Gasteiger partial charge in [-0.1, -0.05) is 36.4 Å². The van der Waals surface area contributed by atoms with Gasteiger partial charge in [0.15, 0.2) is 5.11 Å². The largest absolute Gasteiger partial charge is 0.331 e. The Bertz CT molecular complexity index is 1140. The average molecular weight is 408 g/mol. The van der Waals surface area contributed by atoms with Gasteiger partial charge in [-0.05, 0) is 49.5 Å². The zero-order chi connectivity index (χ0) is 19.5. The van der Waals surface area contributed by atoms with E-state index in [1.54, 1.807) is 0 Å². The number of carbonyl (C=O) groups is 1. The summed E-state index contributed by atoms with van der Waals surface area (Å²) in [5.74, 6) is -0.252. The van der Waals surface area contributed by atoms with E-state index in [1.807, 2.05) is 78.3 Å². The van der Waals surface area contributed by atoms with Gasteiger partial charge in [0, 0.05) is 11.1 Å². The lowest BCUT2D eigenvalue weighted by Gasteiger charge is -2.10. The van der Waals surface area contributed by atoms with E-state index in [4.69, 9.17) is 12.2 Å². The second-order valence-corrected chi connectivity index (χ2v) is 7.50. The van der Waals surface area contributed by atoms with E-state index in [9.17, 15) is 4.79 Å². The molecule has 0 fully saturated rings. The van der Waals surface area contributed by atoms with Crippen molar-refractivity contribution in [2.45, 2.75) is 6.92 Å². The molecule has 8 heteroatoms. The lowest BCUT2D eigenvalue weighted by Crippen LogP contribution is -2.43. The Balaban J connectivity index is 1.48. The minimum absolute atomic E-state index is 0.252. The Hall–Kier alpha value is -3.23. The Morgan fingerprint density at radius 2 is 1.71 bits per heavy atom. The highest BCUT2D eigenvalue weighted by molar-refractivity contribution is 7.80. The second-order valence-electron chi connectivity index (χ2n) is 6.06. The lowest BCUT2D eigenvalue weighted by atomic mass is 10.3. The predicted molar refractivity (Wildman–Crippen MR) is 117 cm³/mol. The molecule has 0 aliphatic carbocycles. The molecule has 0 radical (unpaired) electrons. The molecular weight excluding hydrogens is 390 g/mol. The van der Waals surface area contributed by atoms with Crippen LogP contribution in [-0.2, 0) is 0 Å². The van der Waals surface area contributed by atoms with Crippen molar-refractivity contribution in [3.8, 4) is 5.69 Å². The number of hydrogen-bond donors (Lipinski definition) is 3. The second kappa shape index (κ2) is 7.79. The van der Waals surface area contributed by atoms with E-state index < -0.39 is 0 Å². The van der Waals surface area contributed by atoms with Crippen molar-refractivity contribution in [1.82, 2.24) is 20.6 Å². The number of fused-ring (bicyclic) bond motifs is 1. The summed E-state index contributed by atoms with van der Waals surface area (Å²) in [7, 11) is 0. The molecule has 0 atom stereocenters. The average Bonchev–Trinajstić information content (AvgIpc) is 3.28. The molecule has 4 aromatic rings. The van der Waals surface area contributed by atoms with Gasteiger partial charge in [-0.3, -0.25) is 15.6 Å². The zero-order valence-electron chi connectivity index (χ0n) is 15.0. The third kappa shape index (κ3) is 3.73. The van der Waals surface area contributed by atoms with E-state index in [2.05, 4.69) is 21.3 Å². The predicted octanol–water partition coefficient (Wildman–Crippen LogP) is 4.03. The molecule has 0 saturated heterocycles. The van der Waals surface area contributed by atoms with Crippen molar-refractivity contribution < 1.29 is 4.79 Å². The molecule has 0 spiro atoms. The smallest absolute Gasteiger partial charge is 0.279 e. The van der Waals surface area contributed by atoms with Gasteiger partial charge in [-0.2, -0.15) is 5.10 Å². The third-order valence-corrected chi connectivity index (χ3v) is 5.40. The summed E-state index contributed by atoms with van der Waals surface area (Å²) < 4.78 is 1.86. The minimum Gasteiger partial charge on any atom is -0.331 e. The normalized spacial score (nSPS) is 10.6. The van der Waals surface area contributed by atoms with Gasteiger partial charge in [0.2, 0.25) is 0 Å². The maximum absolute atomic E-state index is 12.5. The number of thiophene rings is 1. The van der Waals surface area contributed by atoms with Crippen molar-refractivity contribution in [2.24, 2.45) is 0 Å². The fourth-order valence-corrected chi connectivity index (χ4v) is 4.01. The van der Waals surface area contributed by atoms with Crippen molar-refractivity contribution in [3.63, 3.8) is 0 Å².